The van der Waals surface area contributed by atoms with E-state index in [4.69, 9.17) is 16.4 Å². The third kappa shape index (κ3) is 8.75. The summed E-state index contributed by atoms with van der Waals surface area (Å²) in [5, 5.41) is 0.855. The van der Waals surface area contributed by atoms with Gasteiger partial charge in [0, 0.05) is 5.02 Å². The number of aryl methyl sites for hydroxylation is 1. The number of benzene rings is 1. The average Bonchev–Trinajstić information content (AvgIpc) is 2.26. The first-order valence-electron chi connectivity index (χ1n) is 5.52. The Morgan fingerprint density at radius 3 is 2.50 bits per heavy atom. The molecule has 0 atom stereocenters. The molecule has 0 saturated carbocycles. The van der Waals surface area contributed by atoms with E-state index in [1.807, 2.05) is 12.1 Å². The highest BCUT2D eigenvalue weighted by Gasteiger charge is 1.93. The van der Waals surface area contributed by atoms with Crippen LogP contribution < -0.4 is 0 Å². The Bertz CT molecular complexity index is 287. The van der Waals surface area contributed by atoms with Gasteiger partial charge in [0.15, 0.2) is 0 Å². The summed E-state index contributed by atoms with van der Waals surface area (Å²) in [4.78, 5) is 8.57. The summed E-state index contributed by atoms with van der Waals surface area (Å²) >= 11 is 10.2. The van der Waals surface area contributed by atoms with E-state index in [9.17, 15) is 0 Å². The fraction of sp³-hybridized carbons (Fsp3) is 0.462. The standard InChI is InChI=1S/C12H17Cl.CHClO/c1-2-3-4-5-7-11-8-6-9-12(13)10-11;2-1-3/h6,8-10H,2-5,7H2,1H3;1H. The van der Waals surface area contributed by atoms with Gasteiger partial charge in [-0.05, 0) is 42.1 Å². The molecule has 1 nitrogen and oxygen atoms in total. The molecule has 0 aliphatic rings. The first-order valence-corrected chi connectivity index (χ1v) is 6.34. The molecule has 0 heterocycles. The second kappa shape index (κ2) is 11.0. The third-order valence-corrected chi connectivity index (χ3v) is 2.44. The molecular formula is C13H18Cl2O. The number of rotatable bonds is 5. The molecule has 0 aliphatic heterocycles. The summed E-state index contributed by atoms with van der Waals surface area (Å²) in [6, 6.07) is 8.17. The Kier molecular flexibility index (Phi) is 10.6. The van der Waals surface area contributed by atoms with Gasteiger partial charge in [0.1, 0.15) is 0 Å². The van der Waals surface area contributed by atoms with Crippen LogP contribution in [0.25, 0.3) is 0 Å². The van der Waals surface area contributed by atoms with E-state index in [2.05, 4.69) is 30.7 Å². The maximum Gasteiger partial charge on any atom is 0.208 e. The van der Waals surface area contributed by atoms with E-state index in [-0.39, 0.29) is 5.75 Å². The normalized spacial score (nSPS) is 9.19. The molecule has 0 bridgehead atoms. The molecule has 0 aromatic heterocycles. The lowest BCUT2D eigenvalue weighted by atomic mass is 10.1. The van der Waals surface area contributed by atoms with Gasteiger partial charge in [-0.25, -0.2) is 0 Å². The van der Waals surface area contributed by atoms with Gasteiger partial charge in [0.2, 0.25) is 5.75 Å². The fourth-order valence-corrected chi connectivity index (χ4v) is 1.66. The highest BCUT2D eigenvalue weighted by molar-refractivity contribution is 6.54. The van der Waals surface area contributed by atoms with Crippen LogP contribution in [0.5, 0.6) is 0 Å². The summed E-state index contributed by atoms with van der Waals surface area (Å²) in [5.74, 6) is 0.222. The first-order chi connectivity index (χ1) is 7.74. The largest absolute Gasteiger partial charge is 0.285 e. The number of hydrogen-bond donors (Lipinski definition) is 0. The lowest BCUT2D eigenvalue weighted by Gasteiger charge is -2.01. The van der Waals surface area contributed by atoms with E-state index in [1.54, 1.807) is 0 Å². The molecule has 3 heteroatoms. The zero-order valence-electron chi connectivity index (χ0n) is 9.59. The van der Waals surface area contributed by atoms with Gasteiger partial charge in [-0.15, -0.1) is 0 Å². The molecule has 0 aliphatic carbocycles. The van der Waals surface area contributed by atoms with Crippen molar-refractivity contribution in [2.24, 2.45) is 0 Å². The molecule has 1 rings (SSSR count). The van der Waals surface area contributed by atoms with Gasteiger partial charge < -0.3 is 0 Å². The highest BCUT2D eigenvalue weighted by atomic mass is 35.5. The zero-order chi connectivity index (χ0) is 12.2. The Balaban J connectivity index is 0.000000673. The number of halogens is 2. The topological polar surface area (TPSA) is 17.1 Å². The van der Waals surface area contributed by atoms with Crippen LogP contribution in [0, 0.1) is 0 Å². The van der Waals surface area contributed by atoms with Crippen molar-refractivity contribution < 1.29 is 4.79 Å². The van der Waals surface area contributed by atoms with Crippen LogP contribution in [-0.2, 0) is 11.2 Å². The van der Waals surface area contributed by atoms with Crippen LogP contribution in [-0.4, -0.2) is 5.75 Å². The van der Waals surface area contributed by atoms with Gasteiger partial charge in [0.25, 0.3) is 0 Å². The summed E-state index contributed by atoms with van der Waals surface area (Å²) in [5.41, 5.74) is 1.36. The van der Waals surface area contributed by atoms with Crippen molar-refractivity contribution in [3.63, 3.8) is 0 Å². The van der Waals surface area contributed by atoms with E-state index < -0.39 is 0 Å². The van der Waals surface area contributed by atoms with Gasteiger partial charge in [-0.3, -0.25) is 4.79 Å². The van der Waals surface area contributed by atoms with Gasteiger partial charge in [0.05, 0.1) is 0 Å². The predicted octanol–water partition coefficient (Wildman–Crippen LogP) is 4.88. The van der Waals surface area contributed by atoms with Gasteiger partial charge >= 0.3 is 0 Å². The van der Waals surface area contributed by atoms with Crippen molar-refractivity contribution in [3.05, 3.63) is 34.9 Å². The molecule has 0 amide bonds. The molecule has 0 unspecified atom stereocenters. The third-order valence-electron chi connectivity index (χ3n) is 2.21. The lowest BCUT2D eigenvalue weighted by Crippen LogP contribution is -1.85. The summed E-state index contributed by atoms with van der Waals surface area (Å²) in [6.45, 7) is 2.24. The van der Waals surface area contributed by atoms with Crippen molar-refractivity contribution in [1.82, 2.24) is 0 Å². The number of hydrogen-bond acceptors (Lipinski definition) is 1. The van der Waals surface area contributed by atoms with Crippen molar-refractivity contribution >= 4 is 28.9 Å². The molecule has 1 aromatic carbocycles. The second-order valence-electron chi connectivity index (χ2n) is 3.53. The molecule has 0 spiro atoms. The predicted molar refractivity (Wildman–Crippen MR) is 71.9 cm³/mol. The van der Waals surface area contributed by atoms with E-state index in [0.717, 1.165) is 5.02 Å². The first kappa shape index (κ1) is 15.5. The van der Waals surface area contributed by atoms with Crippen LogP contribution in [0.3, 0.4) is 0 Å². The lowest BCUT2D eigenvalue weighted by molar-refractivity contribution is 0.569. The summed E-state index contributed by atoms with van der Waals surface area (Å²) in [7, 11) is 0. The highest BCUT2D eigenvalue weighted by Crippen LogP contribution is 2.13. The van der Waals surface area contributed by atoms with Crippen molar-refractivity contribution in [1.29, 1.82) is 0 Å². The van der Waals surface area contributed by atoms with Crippen molar-refractivity contribution in [3.8, 4) is 0 Å². The maximum atomic E-state index is 8.57. The van der Waals surface area contributed by atoms with Crippen LogP contribution in [0.4, 0.5) is 0 Å². The molecule has 0 saturated heterocycles. The second-order valence-corrected chi connectivity index (χ2v) is 4.14. The molecular weight excluding hydrogens is 243 g/mol. The number of carbonyl (C=O) groups is 1. The van der Waals surface area contributed by atoms with Crippen LogP contribution in [0.2, 0.25) is 5.02 Å². The number of unbranched alkanes of at least 4 members (excludes halogenated alkanes) is 3. The summed E-state index contributed by atoms with van der Waals surface area (Å²) < 4.78 is 0. The van der Waals surface area contributed by atoms with Crippen LogP contribution in [0.15, 0.2) is 24.3 Å². The Morgan fingerprint density at radius 1 is 1.25 bits per heavy atom. The minimum Gasteiger partial charge on any atom is -0.285 e. The Labute approximate surface area is 108 Å². The van der Waals surface area contributed by atoms with Crippen LogP contribution in [0.1, 0.15) is 38.2 Å². The molecule has 0 N–H and O–H groups in total. The van der Waals surface area contributed by atoms with E-state index in [0.29, 0.717) is 0 Å². The quantitative estimate of drug-likeness (QED) is 0.419. The monoisotopic (exact) mass is 260 g/mol. The van der Waals surface area contributed by atoms with E-state index >= 15 is 0 Å². The SMILES string of the molecule is CCCCCCc1cccc(Cl)c1.O=CCl. The fourth-order valence-electron chi connectivity index (χ4n) is 1.45. The Morgan fingerprint density at radius 2 is 1.94 bits per heavy atom. The molecule has 90 valence electrons. The number of carbonyl (C=O) groups excluding carboxylic acids is 1. The Hall–Kier alpha value is -0.530. The minimum absolute atomic E-state index is 0.222. The smallest absolute Gasteiger partial charge is 0.208 e. The van der Waals surface area contributed by atoms with Crippen LogP contribution >= 0.6 is 23.2 Å². The van der Waals surface area contributed by atoms with Crippen molar-refractivity contribution in [2.75, 3.05) is 0 Å². The van der Waals surface area contributed by atoms with Crippen molar-refractivity contribution in [2.45, 2.75) is 39.0 Å². The molecule has 0 fully saturated rings. The molecule has 1 aromatic rings. The van der Waals surface area contributed by atoms with Gasteiger partial charge in [-0.2, -0.15) is 0 Å². The zero-order valence-corrected chi connectivity index (χ0v) is 11.1. The minimum atomic E-state index is 0.222. The molecule has 0 radical (unpaired) electrons. The maximum absolute atomic E-state index is 8.57. The average molecular weight is 261 g/mol. The van der Waals surface area contributed by atoms with Gasteiger partial charge in [-0.1, -0.05) is 49.9 Å². The molecule has 16 heavy (non-hydrogen) atoms. The van der Waals surface area contributed by atoms with E-state index in [1.165, 1.54) is 37.7 Å². The summed E-state index contributed by atoms with van der Waals surface area (Å²) in [6.07, 6.45) is 6.44.